The summed E-state index contributed by atoms with van der Waals surface area (Å²) < 4.78 is 5.68. The van der Waals surface area contributed by atoms with Crippen molar-refractivity contribution in [3.05, 3.63) is 29.8 Å². The van der Waals surface area contributed by atoms with Crippen LogP contribution >= 0.6 is 0 Å². The van der Waals surface area contributed by atoms with Crippen LogP contribution in [0.15, 0.2) is 22.7 Å². The second-order valence-corrected chi connectivity index (χ2v) is 4.63. The van der Waals surface area contributed by atoms with Crippen molar-refractivity contribution in [3.63, 3.8) is 0 Å². The van der Waals surface area contributed by atoms with Gasteiger partial charge in [0.05, 0.1) is 11.8 Å². The zero-order valence-corrected chi connectivity index (χ0v) is 9.99. The van der Waals surface area contributed by atoms with Crippen LogP contribution in [0, 0.1) is 6.92 Å². The van der Waals surface area contributed by atoms with Crippen LogP contribution in [0.5, 0.6) is 0 Å². The van der Waals surface area contributed by atoms with Gasteiger partial charge in [-0.25, -0.2) is 0 Å². The van der Waals surface area contributed by atoms with Gasteiger partial charge in [-0.2, -0.15) is 5.10 Å². The number of aromatic nitrogens is 2. The minimum Gasteiger partial charge on any atom is -0.461 e. The Bertz CT molecular complexity index is 494. The molecule has 17 heavy (non-hydrogen) atoms. The minimum absolute atomic E-state index is 0.569. The number of rotatable bonds is 2. The van der Waals surface area contributed by atoms with Gasteiger partial charge >= 0.3 is 0 Å². The van der Waals surface area contributed by atoms with Crippen LogP contribution in [0.2, 0.25) is 0 Å². The topological polar surface area (TPSA) is 53.9 Å². The lowest BCUT2D eigenvalue weighted by molar-refractivity contribution is 0.452. The first kappa shape index (κ1) is 10.6. The predicted molar refractivity (Wildman–Crippen MR) is 65.9 cm³/mol. The summed E-state index contributed by atoms with van der Waals surface area (Å²) in [7, 11) is 0. The zero-order valence-electron chi connectivity index (χ0n) is 9.99. The summed E-state index contributed by atoms with van der Waals surface area (Å²) in [5.41, 5.74) is 2.34. The van der Waals surface area contributed by atoms with Gasteiger partial charge in [-0.05, 0) is 45.0 Å². The second kappa shape index (κ2) is 4.37. The van der Waals surface area contributed by atoms with Crippen molar-refractivity contribution in [3.8, 4) is 11.3 Å². The van der Waals surface area contributed by atoms with E-state index in [9.17, 15) is 0 Å². The maximum atomic E-state index is 5.68. The van der Waals surface area contributed by atoms with Gasteiger partial charge in [-0.1, -0.05) is 0 Å². The van der Waals surface area contributed by atoms with E-state index in [1.54, 1.807) is 0 Å². The molecule has 2 aromatic rings. The molecule has 0 bridgehead atoms. The van der Waals surface area contributed by atoms with E-state index in [0.717, 1.165) is 43.0 Å². The van der Waals surface area contributed by atoms with Crippen molar-refractivity contribution in [1.82, 2.24) is 15.5 Å². The average molecular weight is 231 g/mol. The van der Waals surface area contributed by atoms with E-state index in [1.807, 2.05) is 25.3 Å². The van der Waals surface area contributed by atoms with Crippen molar-refractivity contribution in [2.24, 2.45) is 0 Å². The van der Waals surface area contributed by atoms with Crippen molar-refractivity contribution >= 4 is 0 Å². The number of aryl methyl sites for hydroxylation is 1. The van der Waals surface area contributed by atoms with Gasteiger partial charge in [0.15, 0.2) is 0 Å². The molecule has 1 aliphatic rings. The fourth-order valence-electron chi connectivity index (χ4n) is 2.49. The van der Waals surface area contributed by atoms with Gasteiger partial charge in [0.1, 0.15) is 11.5 Å². The fraction of sp³-hybridized carbons (Fsp3) is 0.462. The molecule has 0 aromatic carbocycles. The van der Waals surface area contributed by atoms with E-state index in [4.69, 9.17) is 4.42 Å². The molecule has 1 fully saturated rings. The number of aromatic amines is 1. The molecule has 4 heteroatoms. The van der Waals surface area contributed by atoms with Gasteiger partial charge in [-0.15, -0.1) is 0 Å². The van der Waals surface area contributed by atoms with Gasteiger partial charge in [0.2, 0.25) is 0 Å². The number of hydrogen-bond acceptors (Lipinski definition) is 3. The Kier molecular flexibility index (Phi) is 2.73. The molecule has 2 N–H and O–H groups in total. The summed E-state index contributed by atoms with van der Waals surface area (Å²) in [5, 5.41) is 10.7. The molecule has 1 aliphatic heterocycles. The summed E-state index contributed by atoms with van der Waals surface area (Å²) in [4.78, 5) is 0. The summed E-state index contributed by atoms with van der Waals surface area (Å²) in [6, 6.07) is 4.01. The van der Waals surface area contributed by atoms with E-state index in [2.05, 4.69) is 15.5 Å². The Balaban J connectivity index is 1.93. The molecule has 0 saturated carbocycles. The third kappa shape index (κ3) is 2.00. The maximum Gasteiger partial charge on any atom is 0.137 e. The summed E-state index contributed by atoms with van der Waals surface area (Å²) in [5.74, 6) is 2.43. The van der Waals surface area contributed by atoms with E-state index >= 15 is 0 Å². The first-order valence-corrected chi connectivity index (χ1v) is 6.15. The van der Waals surface area contributed by atoms with Crippen LogP contribution in [0.25, 0.3) is 11.3 Å². The van der Waals surface area contributed by atoms with Crippen LogP contribution in [-0.4, -0.2) is 23.3 Å². The van der Waals surface area contributed by atoms with Crippen LogP contribution in [-0.2, 0) is 0 Å². The monoisotopic (exact) mass is 231 g/mol. The van der Waals surface area contributed by atoms with Crippen molar-refractivity contribution in [2.75, 3.05) is 13.1 Å². The number of nitrogens with zero attached hydrogens (tertiary/aromatic N) is 1. The zero-order chi connectivity index (χ0) is 11.7. The molecule has 2 aromatic heterocycles. The summed E-state index contributed by atoms with van der Waals surface area (Å²) >= 11 is 0. The number of furan rings is 1. The normalized spacial score (nSPS) is 17.5. The molecule has 0 spiro atoms. The Morgan fingerprint density at radius 1 is 1.29 bits per heavy atom. The van der Waals surface area contributed by atoms with E-state index < -0.39 is 0 Å². The lowest BCUT2D eigenvalue weighted by Gasteiger charge is -2.22. The van der Waals surface area contributed by atoms with Crippen molar-refractivity contribution in [2.45, 2.75) is 25.7 Å². The minimum atomic E-state index is 0.569. The first-order chi connectivity index (χ1) is 8.34. The van der Waals surface area contributed by atoms with Gasteiger partial charge in [0.25, 0.3) is 0 Å². The highest BCUT2D eigenvalue weighted by molar-refractivity contribution is 5.60. The highest BCUT2D eigenvalue weighted by Gasteiger charge is 2.21. The third-order valence-corrected chi connectivity index (χ3v) is 3.42. The van der Waals surface area contributed by atoms with Gasteiger partial charge in [-0.3, -0.25) is 5.10 Å². The summed E-state index contributed by atoms with van der Waals surface area (Å²) in [6.07, 6.45) is 4.19. The first-order valence-electron chi connectivity index (χ1n) is 6.15. The van der Waals surface area contributed by atoms with Crippen LogP contribution in [0.1, 0.15) is 30.2 Å². The Hall–Kier alpha value is -1.55. The van der Waals surface area contributed by atoms with E-state index in [0.29, 0.717) is 5.92 Å². The SMILES string of the molecule is Cc1ccc(-c2cn[nH]c2C2CCNCC2)o1. The number of H-pyrrole nitrogens is 1. The molecule has 1 saturated heterocycles. The highest BCUT2D eigenvalue weighted by Crippen LogP contribution is 2.32. The van der Waals surface area contributed by atoms with Crippen molar-refractivity contribution in [1.29, 1.82) is 0 Å². The molecule has 4 nitrogen and oxygen atoms in total. The number of piperidine rings is 1. The largest absolute Gasteiger partial charge is 0.461 e. The lowest BCUT2D eigenvalue weighted by Crippen LogP contribution is -2.27. The quantitative estimate of drug-likeness (QED) is 0.834. The van der Waals surface area contributed by atoms with Gasteiger partial charge in [0, 0.05) is 11.6 Å². The smallest absolute Gasteiger partial charge is 0.137 e. The fourth-order valence-corrected chi connectivity index (χ4v) is 2.49. The lowest BCUT2D eigenvalue weighted by atomic mass is 9.92. The Morgan fingerprint density at radius 3 is 2.82 bits per heavy atom. The van der Waals surface area contributed by atoms with Gasteiger partial charge < -0.3 is 9.73 Å². The standard InChI is InChI=1S/C13H17N3O/c1-9-2-3-12(17-9)11-8-15-16-13(11)10-4-6-14-7-5-10/h2-3,8,10,14H,4-7H2,1H3,(H,15,16). The third-order valence-electron chi connectivity index (χ3n) is 3.42. The number of hydrogen-bond donors (Lipinski definition) is 2. The molecular formula is C13H17N3O. The van der Waals surface area contributed by atoms with E-state index in [-0.39, 0.29) is 0 Å². The Labute approximate surface area is 100 Å². The maximum absolute atomic E-state index is 5.68. The molecule has 0 aliphatic carbocycles. The van der Waals surface area contributed by atoms with Crippen LogP contribution in [0.4, 0.5) is 0 Å². The molecule has 0 radical (unpaired) electrons. The molecule has 3 heterocycles. The van der Waals surface area contributed by atoms with E-state index in [1.165, 1.54) is 5.69 Å². The molecule has 0 amide bonds. The molecule has 3 rings (SSSR count). The predicted octanol–water partition coefficient (Wildman–Crippen LogP) is 2.45. The number of nitrogens with one attached hydrogen (secondary N) is 2. The molecular weight excluding hydrogens is 214 g/mol. The molecule has 90 valence electrons. The second-order valence-electron chi connectivity index (χ2n) is 4.63. The molecule has 0 unspecified atom stereocenters. The van der Waals surface area contributed by atoms with Crippen LogP contribution in [0.3, 0.4) is 0 Å². The summed E-state index contributed by atoms with van der Waals surface area (Å²) in [6.45, 7) is 4.13. The van der Waals surface area contributed by atoms with Crippen molar-refractivity contribution < 1.29 is 4.42 Å². The average Bonchev–Trinajstić information content (AvgIpc) is 2.98. The van der Waals surface area contributed by atoms with Crippen LogP contribution < -0.4 is 5.32 Å². The Morgan fingerprint density at radius 2 is 2.12 bits per heavy atom. The highest BCUT2D eigenvalue weighted by atomic mass is 16.3. The molecule has 0 atom stereocenters.